The van der Waals surface area contributed by atoms with Crippen LogP contribution in [-0.2, 0) is 6.42 Å². The van der Waals surface area contributed by atoms with E-state index >= 15 is 0 Å². The third kappa shape index (κ3) is 3.00. The Hall–Kier alpha value is -2.04. The van der Waals surface area contributed by atoms with Gasteiger partial charge in [-0.05, 0) is 24.1 Å². The molecule has 18 heavy (non-hydrogen) atoms. The summed E-state index contributed by atoms with van der Waals surface area (Å²) in [6, 6.07) is 5.10. The van der Waals surface area contributed by atoms with Crippen molar-refractivity contribution in [1.82, 2.24) is 4.98 Å². The maximum Gasteiger partial charge on any atom is 0.182 e. The first kappa shape index (κ1) is 12.4. The standard InChI is InChI=1S/C13H11F3N2/c14-10-7-11(15)13(16)12(8-10)18-6-3-9-1-4-17-5-2-9/h1-2,4-5,7-8,18H,3,6H2. The zero-order valence-electron chi connectivity index (χ0n) is 9.46. The zero-order chi connectivity index (χ0) is 13.0. The van der Waals surface area contributed by atoms with Gasteiger partial charge in [-0.15, -0.1) is 0 Å². The number of halogens is 3. The summed E-state index contributed by atoms with van der Waals surface area (Å²) in [7, 11) is 0. The molecule has 1 N–H and O–H groups in total. The van der Waals surface area contributed by atoms with Gasteiger partial charge in [0.15, 0.2) is 11.6 Å². The van der Waals surface area contributed by atoms with Crippen molar-refractivity contribution in [2.24, 2.45) is 0 Å². The monoisotopic (exact) mass is 252 g/mol. The van der Waals surface area contributed by atoms with Crippen molar-refractivity contribution in [3.8, 4) is 0 Å². The largest absolute Gasteiger partial charge is 0.382 e. The molecular formula is C13H11F3N2. The molecule has 0 unspecified atom stereocenters. The average Bonchev–Trinajstić information content (AvgIpc) is 2.36. The fraction of sp³-hybridized carbons (Fsp3) is 0.154. The van der Waals surface area contributed by atoms with Crippen LogP contribution in [0, 0.1) is 17.5 Å². The molecule has 0 atom stereocenters. The van der Waals surface area contributed by atoms with Gasteiger partial charge >= 0.3 is 0 Å². The fourth-order valence-electron chi connectivity index (χ4n) is 1.58. The summed E-state index contributed by atoms with van der Waals surface area (Å²) in [5.41, 5.74) is 0.844. The highest BCUT2D eigenvalue weighted by Gasteiger charge is 2.10. The molecule has 5 heteroatoms. The summed E-state index contributed by atoms with van der Waals surface area (Å²) in [5, 5.41) is 2.67. The number of hydrogen-bond acceptors (Lipinski definition) is 2. The van der Waals surface area contributed by atoms with E-state index in [9.17, 15) is 13.2 Å². The molecule has 0 bridgehead atoms. The Kier molecular flexibility index (Phi) is 3.82. The Morgan fingerprint density at radius 3 is 2.50 bits per heavy atom. The van der Waals surface area contributed by atoms with Gasteiger partial charge in [0.05, 0.1) is 5.69 Å². The van der Waals surface area contributed by atoms with E-state index in [0.29, 0.717) is 19.0 Å². The number of benzene rings is 1. The summed E-state index contributed by atoms with van der Waals surface area (Å²) < 4.78 is 39.1. The van der Waals surface area contributed by atoms with Crippen molar-refractivity contribution in [2.45, 2.75) is 6.42 Å². The minimum Gasteiger partial charge on any atom is -0.382 e. The molecule has 0 fully saturated rings. The smallest absolute Gasteiger partial charge is 0.182 e. The lowest BCUT2D eigenvalue weighted by Crippen LogP contribution is -2.07. The van der Waals surface area contributed by atoms with Gasteiger partial charge in [-0.3, -0.25) is 4.98 Å². The summed E-state index contributed by atoms with van der Waals surface area (Å²) in [4.78, 5) is 3.87. The highest BCUT2D eigenvalue weighted by atomic mass is 19.2. The molecule has 0 radical (unpaired) electrons. The van der Waals surface area contributed by atoms with Gasteiger partial charge in [-0.1, -0.05) is 0 Å². The topological polar surface area (TPSA) is 24.9 Å². The van der Waals surface area contributed by atoms with Crippen molar-refractivity contribution in [3.05, 3.63) is 59.7 Å². The molecule has 2 nitrogen and oxygen atoms in total. The average molecular weight is 252 g/mol. The number of aromatic nitrogens is 1. The minimum atomic E-state index is -1.19. The van der Waals surface area contributed by atoms with Crippen LogP contribution in [0.5, 0.6) is 0 Å². The van der Waals surface area contributed by atoms with E-state index < -0.39 is 17.5 Å². The van der Waals surface area contributed by atoms with Crippen LogP contribution in [0.25, 0.3) is 0 Å². The lowest BCUT2D eigenvalue weighted by atomic mass is 10.2. The maximum absolute atomic E-state index is 13.3. The third-order valence-electron chi connectivity index (χ3n) is 2.47. The minimum absolute atomic E-state index is 0.165. The summed E-state index contributed by atoms with van der Waals surface area (Å²) in [6.45, 7) is 0.379. The molecule has 2 aromatic rings. The first-order chi connectivity index (χ1) is 8.66. The zero-order valence-corrected chi connectivity index (χ0v) is 9.46. The van der Waals surface area contributed by atoms with Crippen molar-refractivity contribution in [2.75, 3.05) is 11.9 Å². The molecule has 94 valence electrons. The van der Waals surface area contributed by atoms with Gasteiger partial charge in [0, 0.05) is 31.1 Å². The number of nitrogens with zero attached hydrogens (tertiary/aromatic N) is 1. The van der Waals surface area contributed by atoms with Gasteiger partial charge in [0.2, 0.25) is 0 Å². The second-order valence-electron chi connectivity index (χ2n) is 3.78. The Balaban J connectivity index is 1.99. The van der Waals surface area contributed by atoms with E-state index in [2.05, 4.69) is 10.3 Å². The lowest BCUT2D eigenvalue weighted by Gasteiger charge is -2.08. The Bertz CT molecular complexity index is 529. The molecular weight excluding hydrogens is 241 g/mol. The molecule has 2 rings (SSSR count). The number of anilines is 1. The molecule has 0 saturated carbocycles. The third-order valence-corrected chi connectivity index (χ3v) is 2.47. The van der Waals surface area contributed by atoms with Crippen LogP contribution in [0.3, 0.4) is 0 Å². The van der Waals surface area contributed by atoms with Gasteiger partial charge in [-0.2, -0.15) is 0 Å². The van der Waals surface area contributed by atoms with Crippen LogP contribution in [0.1, 0.15) is 5.56 Å². The van der Waals surface area contributed by atoms with Crippen LogP contribution < -0.4 is 5.32 Å². The molecule has 0 aliphatic carbocycles. The lowest BCUT2D eigenvalue weighted by molar-refractivity contribution is 0.497. The number of nitrogens with one attached hydrogen (secondary N) is 1. The number of pyridine rings is 1. The van der Waals surface area contributed by atoms with Gasteiger partial charge in [0.25, 0.3) is 0 Å². The first-order valence-corrected chi connectivity index (χ1v) is 5.44. The molecule has 0 amide bonds. The number of rotatable bonds is 4. The highest BCUT2D eigenvalue weighted by molar-refractivity contribution is 5.45. The van der Waals surface area contributed by atoms with Crippen LogP contribution >= 0.6 is 0 Å². The fourth-order valence-corrected chi connectivity index (χ4v) is 1.58. The summed E-state index contributed by atoms with van der Waals surface area (Å²) in [6.07, 6.45) is 3.91. The first-order valence-electron chi connectivity index (χ1n) is 5.44. The molecule has 1 aromatic carbocycles. The van der Waals surface area contributed by atoms with E-state index in [1.807, 2.05) is 12.1 Å². The second kappa shape index (κ2) is 5.53. The van der Waals surface area contributed by atoms with Crippen LogP contribution in [0.15, 0.2) is 36.7 Å². The normalized spacial score (nSPS) is 10.4. The van der Waals surface area contributed by atoms with Gasteiger partial charge in [0.1, 0.15) is 5.82 Å². The molecule has 0 spiro atoms. The van der Waals surface area contributed by atoms with Crippen LogP contribution in [0.4, 0.5) is 18.9 Å². The maximum atomic E-state index is 13.3. The predicted octanol–water partition coefficient (Wildman–Crippen LogP) is 3.15. The van der Waals surface area contributed by atoms with Crippen molar-refractivity contribution in [1.29, 1.82) is 0 Å². The van der Waals surface area contributed by atoms with Gasteiger partial charge in [-0.25, -0.2) is 13.2 Å². The molecule has 0 saturated heterocycles. The van der Waals surface area contributed by atoms with E-state index in [0.717, 1.165) is 11.6 Å². The molecule has 1 aromatic heterocycles. The van der Waals surface area contributed by atoms with E-state index in [1.54, 1.807) is 12.4 Å². The highest BCUT2D eigenvalue weighted by Crippen LogP contribution is 2.19. The number of hydrogen-bond donors (Lipinski definition) is 1. The van der Waals surface area contributed by atoms with Crippen LogP contribution in [-0.4, -0.2) is 11.5 Å². The quantitative estimate of drug-likeness (QED) is 0.845. The Morgan fingerprint density at radius 1 is 1.06 bits per heavy atom. The van der Waals surface area contributed by atoms with Crippen molar-refractivity contribution >= 4 is 5.69 Å². The van der Waals surface area contributed by atoms with E-state index in [4.69, 9.17) is 0 Å². The SMILES string of the molecule is Fc1cc(F)c(F)c(NCCc2ccncc2)c1. The van der Waals surface area contributed by atoms with Gasteiger partial charge < -0.3 is 5.32 Å². The Labute approximate surface area is 102 Å². The van der Waals surface area contributed by atoms with Crippen molar-refractivity contribution < 1.29 is 13.2 Å². The van der Waals surface area contributed by atoms with Crippen LogP contribution in [0.2, 0.25) is 0 Å². The van der Waals surface area contributed by atoms with E-state index in [1.165, 1.54) is 0 Å². The van der Waals surface area contributed by atoms with E-state index in [-0.39, 0.29) is 5.69 Å². The Morgan fingerprint density at radius 2 is 1.78 bits per heavy atom. The second-order valence-corrected chi connectivity index (χ2v) is 3.78. The molecule has 1 heterocycles. The molecule has 0 aliphatic rings. The molecule has 0 aliphatic heterocycles. The summed E-state index contributed by atoms with van der Waals surface area (Å²) in [5.74, 6) is -3.06. The van der Waals surface area contributed by atoms with Crippen molar-refractivity contribution in [3.63, 3.8) is 0 Å². The summed E-state index contributed by atoms with van der Waals surface area (Å²) >= 11 is 0. The predicted molar refractivity (Wildman–Crippen MR) is 62.7 cm³/mol.